The average Bonchev–Trinajstić information content (AvgIpc) is 1.65. The standard InChI is InChI=1S/4C17H12.C13H10.C6H6.6C2H6/c2*1-3-7-15-12(5-1)9-10-14-11-13-6-2-4-8-16(13)17(14)15;2*1-2-6-13-11-17-15(9-12(13)5-1)10-14-7-3-4-8-16(14)17;1-3-7-12-10(5-1)9-11-6-2-4-8-13(11)12;1-2-4-6-5-3-1;6*1-2/h2*1-10H,11H2;2*1-9,11H,10H2;1-8H,9H2;1-6H;6*1-2H3. The van der Waals surface area contributed by atoms with Crippen molar-refractivity contribution in [1.82, 2.24) is 0 Å². The van der Waals surface area contributed by atoms with E-state index in [1.54, 1.807) is 0 Å². The Kier molecular flexibility index (Phi) is 27.3. The average molecular weight is 1290 g/mol. The summed E-state index contributed by atoms with van der Waals surface area (Å²) in [7, 11) is 0. The predicted octanol–water partition coefficient (Wildman–Crippen LogP) is 28.7. The molecule has 0 heteroatoms. The molecule has 0 bridgehead atoms. The highest BCUT2D eigenvalue weighted by atomic mass is 14.3. The van der Waals surface area contributed by atoms with Gasteiger partial charge in [0.15, 0.2) is 0 Å². The zero-order valence-electron chi connectivity index (χ0n) is 60.7. The topological polar surface area (TPSA) is 0 Å². The Morgan fingerprint density at radius 1 is 0.141 bits per heavy atom. The Hall–Kier alpha value is -10.7. The Morgan fingerprint density at radius 2 is 0.354 bits per heavy atom. The zero-order chi connectivity index (χ0) is 69.9. The normalized spacial score (nSPS) is 11.0. The van der Waals surface area contributed by atoms with Crippen LogP contribution in [0, 0.1) is 0 Å². The van der Waals surface area contributed by atoms with Crippen LogP contribution in [0.1, 0.15) is 139 Å². The van der Waals surface area contributed by atoms with E-state index in [4.69, 9.17) is 0 Å². The van der Waals surface area contributed by atoms with Crippen LogP contribution in [0.4, 0.5) is 0 Å². The number of fused-ring (bicyclic) bond motifs is 21. The first-order valence-electron chi connectivity index (χ1n) is 36.7. The second kappa shape index (κ2) is 37.2. The van der Waals surface area contributed by atoms with Gasteiger partial charge in [-0.2, -0.15) is 0 Å². The van der Waals surface area contributed by atoms with Gasteiger partial charge in [-0.1, -0.05) is 399 Å². The summed E-state index contributed by atoms with van der Waals surface area (Å²) in [6.07, 6.45) is 5.42. The van der Waals surface area contributed by atoms with Crippen molar-refractivity contribution in [2.75, 3.05) is 0 Å². The van der Waals surface area contributed by atoms with Crippen molar-refractivity contribution < 1.29 is 0 Å². The van der Waals surface area contributed by atoms with Crippen molar-refractivity contribution in [2.24, 2.45) is 0 Å². The van der Waals surface area contributed by atoms with Crippen molar-refractivity contribution in [3.05, 3.63) is 383 Å². The Balaban J connectivity index is 0.000000137. The molecule has 0 fully saturated rings. The SMILES string of the molecule is CC.CC.CC.CC.CC.CC.c1ccc2c(c1)Cc1cc3ccccc3cc1-2.c1ccc2c(c1)Cc1cc3ccccc3cc1-2.c1ccc2c(c1)Cc1ccc3ccccc3c1-2.c1ccc2c(c1)Cc1ccc3ccccc3c1-2.c1ccc2c(c1)Cc1ccccc1-2.c1ccccc1. The fourth-order valence-corrected chi connectivity index (χ4v) is 13.9. The fraction of sp³-hybridized carbons (Fsp3) is 0.172. The minimum absolute atomic E-state index is 1.08. The van der Waals surface area contributed by atoms with E-state index in [1.165, 1.54) is 154 Å². The van der Waals surface area contributed by atoms with E-state index in [1.807, 2.05) is 119 Å². The third kappa shape index (κ3) is 16.7. The van der Waals surface area contributed by atoms with Gasteiger partial charge in [0.05, 0.1) is 0 Å². The maximum Gasteiger partial charge on any atom is -0.00132 e. The molecule has 0 radical (unpaired) electrons. The molecular weight excluding hydrogens is 1190 g/mol. The Bertz CT molecular complexity index is 4680. The molecule has 0 saturated heterocycles. The first-order valence-corrected chi connectivity index (χ1v) is 36.7. The summed E-state index contributed by atoms with van der Waals surface area (Å²) < 4.78 is 0. The highest BCUT2D eigenvalue weighted by Gasteiger charge is 2.23. The van der Waals surface area contributed by atoms with Crippen molar-refractivity contribution >= 4 is 43.1 Å². The van der Waals surface area contributed by atoms with Crippen LogP contribution >= 0.6 is 0 Å². The third-order valence-electron chi connectivity index (χ3n) is 18.1. The van der Waals surface area contributed by atoms with Crippen LogP contribution in [0.15, 0.2) is 328 Å². The van der Waals surface area contributed by atoms with E-state index < -0.39 is 0 Å². The van der Waals surface area contributed by atoms with Gasteiger partial charge in [0.25, 0.3) is 0 Å². The summed E-state index contributed by atoms with van der Waals surface area (Å²) in [6, 6.07) is 117. The van der Waals surface area contributed by atoms with E-state index in [-0.39, 0.29) is 0 Å². The molecule has 0 spiro atoms. The Morgan fingerprint density at radius 3 is 0.667 bits per heavy atom. The lowest BCUT2D eigenvalue weighted by molar-refractivity contribution is 1.26. The summed E-state index contributed by atoms with van der Waals surface area (Å²) in [5.74, 6) is 0. The molecule has 15 aromatic rings. The molecule has 0 nitrogen and oxygen atoms in total. The van der Waals surface area contributed by atoms with Crippen LogP contribution in [0.25, 0.3) is 98.7 Å². The lowest BCUT2D eigenvalue weighted by Crippen LogP contribution is -1.81. The molecule has 0 saturated carbocycles. The smallest absolute Gasteiger partial charge is 0.00132 e. The van der Waals surface area contributed by atoms with Gasteiger partial charge in [0.2, 0.25) is 0 Å². The number of rotatable bonds is 0. The van der Waals surface area contributed by atoms with Crippen molar-refractivity contribution in [3.63, 3.8) is 0 Å². The second-order valence-electron chi connectivity index (χ2n) is 23.3. The first kappa shape index (κ1) is 72.6. The molecule has 0 aromatic heterocycles. The third-order valence-corrected chi connectivity index (χ3v) is 18.1. The van der Waals surface area contributed by atoms with Gasteiger partial charge in [-0.05, 0) is 199 Å². The molecule has 0 aliphatic heterocycles. The van der Waals surface area contributed by atoms with Gasteiger partial charge in [-0.3, -0.25) is 0 Å². The zero-order valence-corrected chi connectivity index (χ0v) is 60.7. The van der Waals surface area contributed by atoms with Gasteiger partial charge in [0, 0.05) is 0 Å². The molecule has 5 aliphatic rings. The van der Waals surface area contributed by atoms with Crippen molar-refractivity contribution in [1.29, 1.82) is 0 Å². The van der Waals surface area contributed by atoms with Gasteiger partial charge >= 0.3 is 0 Å². The molecule has 0 unspecified atom stereocenters. The van der Waals surface area contributed by atoms with E-state index >= 15 is 0 Å². The quantitative estimate of drug-likeness (QED) is 0.142. The highest BCUT2D eigenvalue weighted by Crippen LogP contribution is 2.44. The fourth-order valence-electron chi connectivity index (χ4n) is 13.9. The van der Waals surface area contributed by atoms with E-state index in [0.717, 1.165) is 32.1 Å². The summed E-state index contributed by atoms with van der Waals surface area (Å²) in [5.41, 5.74) is 28.8. The monoisotopic (exact) mass is 1290 g/mol. The minimum atomic E-state index is 1.08. The molecule has 15 aromatic carbocycles. The van der Waals surface area contributed by atoms with Gasteiger partial charge in [-0.25, -0.2) is 0 Å². The summed E-state index contributed by atoms with van der Waals surface area (Å²) >= 11 is 0. The van der Waals surface area contributed by atoms with Crippen LogP contribution in [-0.4, -0.2) is 0 Å². The van der Waals surface area contributed by atoms with Gasteiger partial charge < -0.3 is 0 Å². The van der Waals surface area contributed by atoms with E-state index in [0.29, 0.717) is 0 Å². The van der Waals surface area contributed by atoms with Crippen molar-refractivity contribution in [3.8, 4) is 55.6 Å². The van der Waals surface area contributed by atoms with Crippen LogP contribution in [0.3, 0.4) is 0 Å². The number of benzene rings is 15. The maximum atomic E-state index is 2.34. The summed E-state index contributed by atoms with van der Waals surface area (Å²) in [4.78, 5) is 0. The lowest BCUT2D eigenvalue weighted by atomic mass is 9.98. The first-order chi connectivity index (χ1) is 49.1. The van der Waals surface area contributed by atoms with Crippen LogP contribution in [0.5, 0.6) is 0 Å². The van der Waals surface area contributed by atoms with Gasteiger partial charge in [-0.15, -0.1) is 0 Å². The lowest BCUT2D eigenvalue weighted by Gasteiger charge is -2.06. The molecule has 0 N–H and O–H groups in total. The molecule has 496 valence electrons. The van der Waals surface area contributed by atoms with Crippen molar-refractivity contribution in [2.45, 2.75) is 115 Å². The largest absolute Gasteiger partial charge is 0.0683 e. The van der Waals surface area contributed by atoms with Crippen LogP contribution in [0.2, 0.25) is 0 Å². The highest BCUT2D eigenvalue weighted by molar-refractivity contribution is 6.02. The summed E-state index contributed by atoms with van der Waals surface area (Å²) in [6.45, 7) is 24.0. The van der Waals surface area contributed by atoms with E-state index in [2.05, 4.69) is 291 Å². The molecule has 99 heavy (non-hydrogen) atoms. The maximum absolute atomic E-state index is 2.34. The molecule has 20 rings (SSSR count). The molecule has 0 amide bonds. The minimum Gasteiger partial charge on any atom is -0.0683 e. The molecular formula is C99H100. The van der Waals surface area contributed by atoms with E-state index in [9.17, 15) is 0 Å². The molecule has 0 heterocycles. The summed E-state index contributed by atoms with van der Waals surface area (Å²) in [5, 5.41) is 10.8. The van der Waals surface area contributed by atoms with Gasteiger partial charge in [0.1, 0.15) is 0 Å². The molecule has 0 atom stereocenters. The Labute approximate surface area is 593 Å². The van der Waals surface area contributed by atoms with Crippen LogP contribution < -0.4 is 0 Å². The van der Waals surface area contributed by atoms with Crippen LogP contribution in [-0.2, 0) is 32.1 Å². The second-order valence-corrected chi connectivity index (χ2v) is 23.3. The number of hydrogen-bond donors (Lipinski definition) is 0. The predicted molar refractivity (Wildman–Crippen MR) is 438 cm³/mol. The molecule has 5 aliphatic carbocycles. The number of hydrogen-bond acceptors (Lipinski definition) is 0.